The highest BCUT2D eigenvalue weighted by atomic mass is 16.2. The topological polar surface area (TPSA) is 58.2 Å². The summed E-state index contributed by atoms with van der Waals surface area (Å²) in [5.74, 6) is 0.447. The molecule has 0 aromatic rings. The highest BCUT2D eigenvalue weighted by Gasteiger charge is 2.28. The van der Waals surface area contributed by atoms with E-state index in [0.717, 1.165) is 25.7 Å². The summed E-state index contributed by atoms with van der Waals surface area (Å²) in [6.07, 6.45) is 3.32. The number of amides is 2. The van der Waals surface area contributed by atoms with Crippen molar-refractivity contribution in [1.82, 2.24) is 10.6 Å². The van der Waals surface area contributed by atoms with Gasteiger partial charge in [-0.15, -0.1) is 0 Å². The normalized spacial score (nSPS) is 26.7. The Kier molecular flexibility index (Phi) is 3.92. The molecule has 4 nitrogen and oxygen atoms in total. The molecule has 0 atom stereocenters. The van der Waals surface area contributed by atoms with E-state index in [2.05, 4.69) is 10.6 Å². The Morgan fingerprint density at radius 1 is 0.857 bits per heavy atom. The number of carbonyl (C=O) groups is 2. The predicted octanol–water partition coefficient (Wildman–Crippen LogP) is 0.285. The van der Waals surface area contributed by atoms with Crippen molar-refractivity contribution in [3.8, 4) is 0 Å². The third-order valence-electron chi connectivity index (χ3n) is 2.96. The molecule has 1 rings (SSSR count). The largest absolute Gasteiger partial charge is 0.359 e. The fraction of sp³-hybridized carbons (Fsp3) is 0.800. The van der Waals surface area contributed by atoms with Gasteiger partial charge in [0.05, 0.1) is 0 Å². The van der Waals surface area contributed by atoms with Crippen LogP contribution in [0.3, 0.4) is 0 Å². The van der Waals surface area contributed by atoms with Crippen molar-refractivity contribution in [1.29, 1.82) is 0 Å². The molecule has 0 bridgehead atoms. The van der Waals surface area contributed by atoms with Gasteiger partial charge in [-0.25, -0.2) is 0 Å². The first-order chi connectivity index (χ1) is 6.69. The van der Waals surface area contributed by atoms with Crippen molar-refractivity contribution in [3.05, 3.63) is 0 Å². The molecule has 80 valence electrons. The lowest BCUT2D eigenvalue weighted by atomic mass is 9.81. The van der Waals surface area contributed by atoms with E-state index >= 15 is 0 Å². The Morgan fingerprint density at radius 2 is 1.14 bits per heavy atom. The maximum absolute atomic E-state index is 11.3. The predicted molar refractivity (Wildman–Crippen MR) is 53.6 cm³/mol. The van der Waals surface area contributed by atoms with Crippen LogP contribution >= 0.6 is 0 Å². The second-order valence-corrected chi connectivity index (χ2v) is 3.78. The summed E-state index contributed by atoms with van der Waals surface area (Å²) in [6, 6.07) is 0. The lowest BCUT2D eigenvalue weighted by Crippen LogP contribution is -2.35. The molecule has 0 spiro atoms. The van der Waals surface area contributed by atoms with Gasteiger partial charge in [0.2, 0.25) is 11.8 Å². The Bertz CT molecular complexity index is 196. The van der Waals surface area contributed by atoms with Gasteiger partial charge in [0.15, 0.2) is 0 Å². The zero-order valence-electron chi connectivity index (χ0n) is 8.80. The monoisotopic (exact) mass is 198 g/mol. The Labute approximate surface area is 84.4 Å². The quantitative estimate of drug-likeness (QED) is 0.670. The van der Waals surface area contributed by atoms with Gasteiger partial charge in [-0.1, -0.05) is 0 Å². The molecule has 2 amide bonds. The average molecular weight is 198 g/mol. The number of nitrogens with one attached hydrogen (secondary N) is 2. The molecule has 0 radical (unpaired) electrons. The van der Waals surface area contributed by atoms with Crippen molar-refractivity contribution in [2.24, 2.45) is 11.8 Å². The zero-order chi connectivity index (χ0) is 10.6. The molecule has 1 saturated carbocycles. The van der Waals surface area contributed by atoms with Gasteiger partial charge >= 0.3 is 0 Å². The van der Waals surface area contributed by atoms with Gasteiger partial charge in [0, 0.05) is 25.9 Å². The van der Waals surface area contributed by atoms with E-state index < -0.39 is 0 Å². The van der Waals surface area contributed by atoms with Gasteiger partial charge < -0.3 is 10.6 Å². The summed E-state index contributed by atoms with van der Waals surface area (Å²) in [5, 5.41) is 5.31. The maximum atomic E-state index is 11.3. The minimum absolute atomic E-state index is 0.111. The van der Waals surface area contributed by atoms with Crippen LogP contribution in [0.1, 0.15) is 25.7 Å². The lowest BCUT2D eigenvalue weighted by molar-refractivity contribution is -0.130. The van der Waals surface area contributed by atoms with E-state index in [4.69, 9.17) is 0 Å². The summed E-state index contributed by atoms with van der Waals surface area (Å²) in [6.45, 7) is 0. The molecule has 2 N–H and O–H groups in total. The molecule has 1 fully saturated rings. The third kappa shape index (κ3) is 2.47. The highest BCUT2D eigenvalue weighted by molar-refractivity contribution is 5.80. The number of hydrogen-bond donors (Lipinski definition) is 2. The Morgan fingerprint density at radius 3 is 1.36 bits per heavy atom. The summed E-state index contributed by atoms with van der Waals surface area (Å²) >= 11 is 0. The molecule has 0 heterocycles. The van der Waals surface area contributed by atoms with E-state index in [0.29, 0.717) is 0 Å². The van der Waals surface area contributed by atoms with Crippen molar-refractivity contribution >= 4 is 11.8 Å². The SMILES string of the molecule is CNC(=O)C1CCC(C(=O)NC)CC1. The smallest absolute Gasteiger partial charge is 0.222 e. The van der Waals surface area contributed by atoms with Crippen molar-refractivity contribution < 1.29 is 9.59 Å². The van der Waals surface area contributed by atoms with Crippen LogP contribution in [-0.4, -0.2) is 25.9 Å². The summed E-state index contributed by atoms with van der Waals surface area (Å²) in [4.78, 5) is 22.6. The van der Waals surface area contributed by atoms with Gasteiger partial charge in [-0.3, -0.25) is 9.59 Å². The van der Waals surface area contributed by atoms with Crippen LogP contribution in [0.15, 0.2) is 0 Å². The van der Waals surface area contributed by atoms with E-state index in [9.17, 15) is 9.59 Å². The molecule has 1 aliphatic rings. The third-order valence-corrected chi connectivity index (χ3v) is 2.96. The summed E-state index contributed by atoms with van der Waals surface area (Å²) in [5.41, 5.74) is 0. The van der Waals surface area contributed by atoms with Crippen LogP contribution in [0.5, 0.6) is 0 Å². The molecule has 4 heteroatoms. The maximum Gasteiger partial charge on any atom is 0.222 e. The minimum Gasteiger partial charge on any atom is -0.359 e. The number of rotatable bonds is 2. The lowest BCUT2D eigenvalue weighted by Gasteiger charge is -2.26. The summed E-state index contributed by atoms with van der Waals surface area (Å²) < 4.78 is 0. The van der Waals surface area contributed by atoms with E-state index in [1.165, 1.54) is 0 Å². The highest BCUT2D eigenvalue weighted by Crippen LogP contribution is 2.28. The van der Waals surface area contributed by atoms with E-state index in [1.807, 2.05) is 0 Å². The Balaban J connectivity index is 2.38. The van der Waals surface area contributed by atoms with Crippen LogP contribution < -0.4 is 10.6 Å². The molecule has 0 aromatic heterocycles. The van der Waals surface area contributed by atoms with Crippen LogP contribution in [0.4, 0.5) is 0 Å². The molecule has 0 aliphatic heterocycles. The van der Waals surface area contributed by atoms with Crippen LogP contribution in [0.2, 0.25) is 0 Å². The fourth-order valence-electron chi connectivity index (χ4n) is 2.03. The second-order valence-electron chi connectivity index (χ2n) is 3.78. The summed E-state index contributed by atoms with van der Waals surface area (Å²) in [7, 11) is 3.32. The molecule has 14 heavy (non-hydrogen) atoms. The van der Waals surface area contributed by atoms with E-state index in [1.54, 1.807) is 14.1 Å². The van der Waals surface area contributed by atoms with Gasteiger partial charge in [-0.05, 0) is 25.7 Å². The molecular weight excluding hydrogens is 180 g/mol. The van der Waals surface area contributed by atoms with E-state index in [-0.39, 0.29) is 23.7 Å². The second kappa shape index (κ2) is 4.98. The number of hydrogen-bond acceptors (Lipinski definition) is 2. The van der Waals surface area contributed by atoms with Gasteiger partial charge in [0.1, 0.15) is 0 Å². The van der Waals surface area contributed by atoms with Crippen molar-refractivity contribution in [2.45, 2.75) is 25.7 Å². The number of carbonyl (C=O) groups excluding carboxylic acids is 2. The molecule has 0 saturated heterocycles. The first-order valence-corrected chi connectivity index (χ1v) is 5.12. The standard InChI is InChI=1S/C10H18N2O2/c1-11-9(13)7-3-5-8(6-4-7)10(14)12-2/h7-8H,3-6H2,1-2H3,(H,11,13)(H,12,14). The van der Waals surface area contributed by atoms with Crippen molar-refractivity contribution in [3.63, 3.8) is 0 Å². The first-order valence-electron chi connectivity index (χ1n) is 5.12. The minimum atomic E-state index is 0.111. The average Bonchev–Trinajstić information content (AvgIpc) is 2.27. The zero-order valence-corrected chi connectivity index (χ0v) is 8.80. The van der Waals surface area contributed by atoms with Crippen LogP contribution in [-0.2, 0) is 9.59 Å². The molecular formula is C10H18N2O2. The van der Waals surface area contributed by atoms with Crippen LogP contribution in [0.25, 0.3) is 0 Å². The van der Waals surface area contributed by atoms with Gasteiger partial charge in [0.25, 0.3) is 0 Å². The molecule has 1 aliphatic carbocycles. The fourth-order valence-corrected chi connectivity index (χ4v) is 2.03. The molecule has 0 unspecified atom stereocenters. The van der Waals surface area contributed by atoms with Crippen molar-refractivity contribution in [2.75, 3.05) is 14.1 Å². The van der Waals surface area contributed by atoms with Gasteiger partial charge in [-0.2, -0.15) is 0 Å². The first kappa shape index (κ1) is 11.0. The Hall–Kier alpha value is -1.06. The van der Waals surface area contributed by atoms with Crippen LogP contribution in [0, 0.1) is 11.8 Å². The molecule has 0 aromatic carbocycles.